The van der Waals surface area contributed by atoms with Gasteiger partial charge in [0.15, 0.2) is 0 Å². The number of nitrogens with two attached hydrogens (primary N) is 1. The van der Waals surface area contributed by atoms with Crippen molar-refractivity contribution in [3.63, 3.8) is 0 Å². The molecule has 5 nitrogen and oxygen atoms in total. The van der Waals surface area contributed by atoms with Crippen molar-refractivity contribution in [1.29, 1.82) is 0 Å². The molecule has 2 aliphatic rings. The van der Waals surface area contributed by atoms with Gasteiger partial charge in [0.25, 0.3) is 0 Å². The average molecular weight is 278 g/mol. The first-order valence-corrected chi connectivity index (χ1v) is 6.58. The lowest BCUT2D eigenvalue weighted by atomic mass is 10.1. The Hall–Kier alpha value is -0.360. The third kappa shape index (κ3) is 3.82. The van der Waals surface area contributed by atoms with E-state index in [-0.39, 0.29) is 31.0 Å². The van der Waals surface area contributed by atoms with Crippen LogP contribution in [0, 0.1) is 5.92 Å². The third-order valence-electron chi connectivity index (χ3n) is 3.92. The number of halogens is 1. The normalized spacial score (nSPS) is 29.1. The largest absolute Gasteiger partial charge is 0.395 e. The van der Waals surface area contributed by atoms with Gasteiger partial charge in [0.05, 0.1) is 6.61 Å². The summed E-state index contributed by atoms with van der Waals surface area (Å²) in [4.78, 5) is 16.4. The highest BCUT2D eigenvalue weighted by molar-refractivity contribution is 5.85. The van der Waals surface area contributed by atoms with Gasteiger partial charge in [-0.3, -0.25) is 9.69 Å². The second-order valence-corrected chi connectivity index (χ2v) is 5.16. The molecular weight excluding hydrogens is 254 g/mol. The molecule has 106 valence electrons. The number of nitrogens with zero attached hydrogens (tertiary/aromatic N) is 2. The first-order chi connectivity index (χ1) is 8.20. The van der Waals surface area contributed by atoms with Crippen molar-refractivity contribution in [3.05, 3.63) is 0 Å². The van der Waals surface area contributed by atoms with Gasteiger partial charge < -0.3 is 15.7 Å². The lowest BCUT2D eigenvalue weighted by Gasteiger charge is -2.35. The highest BCUT2D eigenvalue weighted by atomic mass is 35.5. The number of aliphatic hydroxyl groups is 1. The van der Waals surface area contributed by atoms with Crippen molar-refractivity contribution in [3.8, 4) is 0 Å². The Morgan fingerprint density at radius 1 is 1.22 bits per heavy atom. The summed E-state index contributed by atoms with van der Waals surface area (Å²) < 4.78 is 0. The van der Waals surface area contributed by atoms with Crippen molar-refractivity contribution in [2.45, 2.75) is 25.3 Å². The molecule has 6 heteroatoms. The highest BCUT2D eigenvalue weighted by Crippen LogP contribution is 2.26. The summed E-state index contributed by atoms with van der Waals surface area (Å²) >= 11 is 0. The van der Waals surface area contributed by atoms with E-state index in [1.54, 1.807) is 0 Å². The van der Waals surface area contributed by atoms with Crippen LogP contribution in [0.2, 0.25) is 0 Å². The SMILES string of the molecule is Cl.NC1CCC(C(=O)N2CCN(CCO)CC2)C1. The van der Waals surface area contributed by atoms with Crippen LogP contribution < -0.4 is 5.73 Å². The Bertz CT molecular complexity index is 270. The second kappa shape index (κ2) is 7.28. The molecule has 0 aromatic heterocycles. The molecule has 0 aromatic rings. The number of carbonyl (C=O) groups is 1. The molecule has 0 spiro atoms. The van der Waals surface area contributed by atoms with E-state index in [1.807, 2.05) is 4.90 Å². The van der Waals surface area contributed by atoms with Gasteiger partial charge >= 0.3 is 0 Å². The van der Waals surface area contributed by atoms with E-state index in [1.165, 1.54) is 0 Å². The van der Waals surface area contributed by atoms with E-state index < -0.39 is 0 Å². The van der Waals surface area contributed by atoms with Crippen molar-refractivity contribution >= 4 is 18.3 Å². The Morgan fingerprint density at radius 3 is 2.39 bits per heavy atom. The summed E-state index contributed by atoms with van der Waals surface area (Å²) in [6.07, 6.45) is 2.80. The fraction of sp³-hybridized carbons (Fsp3) is 0.917. The number of rotatable bonds is 3. The van der Waals surface area contributed by atoms with Crippen molar-refractivity contribution in [1.82, 2.24) is 9.80 Å². The molecule has 0 aromatic carbocycles. The fourth-order valence-electron chi connectivity index (χ4n) is 2.83. The smallest absolute Gasteiger partial charge is 0.225 e. The lowest BCUT2D eigenvalue weighted by Crippen LogP contribution is -2.50. The first-order valence-electron chi connectivity index (χ1n) is 6.58. The van der Waals surface area contributed by atoms with Crippen LogP contribution >= 0.6 is 12.4 Å². The molecule has 18 heavy (non-hydrogen) atoms. The molecule has 2 fully saturated rings. The minimum Gasteiger partial charge on any atom is -0.395 e. The van der Waals surface area contributed by atoms with Gasteiger partial charge in [0.2, 0.25) is 5.91 Å². The summed E-state index contributed by atoms with van der Waals surface area (Å²) in [5.74, 6) is 0.455. The van der Waals surface area contributed by atoms with Crippen LogP contribution in [0.3, 0.4) is 0 Å². The van der Waals surface area contributed by atoms with Gasteiger partial charge in [0, 0.05) is 44.7 Å². The zero-order valence-corrected chi connectivity index (χ0v) is 11.6. The molecule has 2 atom stereocenters. The second-order valence-electron chi connectivity index (χ2n) is 5.16. The Labute approximate surface area is 115 Å². The maximum absolute atomic E-state index is 12.2. The zero-order chi connectivity index (χ0) is 12.3. The molecule has 1 aliphatic carbocycles. The minimum absolute atomic E-state index is 0. The topological polar surface area (TPSA) is 69.8 Å². The summed E-state index contributed by atoms with van der Waals surface area (Å²) in [5, 5.41) is 8.86. The van der Waals surface area contributed by atoms with Gasteiger partial charge in [-0.25, -0.2) is 0 Å². The van der Waals surface area contributed by atoms with Crippen molar-refractivity contribution < 1.29 is 9.90 Å². The summed E-state index contributed by atoms with van der Waals surface area (Å²) in [6.45, 7) is 4.27. The van der Waals surface area contributed by atoms with Crippen LogP contribution in [-0.2, 0) is 4.79 Å². The summed E-state index contributed by atoms with van der Waals surface area (Å²) in [6, 6.07) is 0.222. The van der Waals surface area contributed by atoms with Crippen LogP contribution in [0.1, 0.15) is 19.3 Å². The van der Waals surface area contributed by atoms with E-state index in [4.69, 9.17) is 10.8 Å². The Kier molecular flexibility index (Phi) is 6.35. The quantitative estimate of drug-likeness (QED) is 0.741. The lowest BCUT2D eigenvalue weighted by molar-refractivity contribution is -0.137. The van der Waals surface area contributed by atoms with Crippen LogP contribution in [-0.4, -0.2) is 66.2 Å². The molecule has 0 radical (unpaired) electrons. The number of aliphatic hydroxyl groups excluding tert-OH is 1. The minimum atomic E-state index is 0. The average Bonchev–Trinajstić information content (AvgIpc) is 2.76. The first kappa shape index (κ1) is 15.7. The Morgan fingerprint density at radius 2 is 1.89 bits per heavy atom. The Balaban J connectivity index is 0.00000162. The number of amides is 1. The molecule has 1 saturated carbocycles. The van der Waals surface area contributed by atoms with Gasteiger partial charge in [-0.2, -0.15) is 0 Å². The van der Waals surface area contributed by atoms with E-state index in [2.05, 4.69) is 4.90 Å². The van der Waals surface area contributed by atoms with Crippen molar-refractivity contribution in [2.75, 3.05) is 39.3 Å². The van der Waals surface area contributed by atoms with Crippen LogP contribution in [0.5, 0.6) is 0 Å². The molecule has 1 aliphatic heterocycles. The number of β-amino-alcohol motifs (C(OH)–C–C–N with tert-alkyl or cyclic N) is 1. The van der Waals surface area contributed by atoms with Gasteiger partial charge in [-0.05, 0) is 19.3 Å². The standard InChI is InChI=1S/C12H23N3O2.ClH/c13-11-2-1-10(9-11)12(17)15-5-3-14(4-6-15)7-8-16;/h10-11,16H,1-9,13H2;1H. The molecule has 0 bridgehead atoms. The summed E-state index contributed by atoms with van der Waals surface area (Å²) in [5.41, 5.74) is 5.85. The fourth-order valence-corrected chi connectivity index (χ4v) is 2.83. The van der Waals surface area contributed by atoms with E-state index in [9.17, 15) is 4.79 Å². The van der Waals surface area contributed by atoms with E-state index in [0.717, 1.165) is 52.0 Å². The van der Waals surface area contributed by atoms with Gasteiger partial charge in [-0.1, -0.05) is 0 Å². The predicted molar refractivity (Wildman–Crippen MR) is 72.7 cm³/mol. The summed E-state index contributed by atoms with van der Waals surface area (Å²) in [7, 11) is 0. The molecule has 1 amide bonds. The van der Waals surface area contributed by atoms with Crippen LogP contribution in [0.15, 0.2) is 0 Å². The maximum atomic E-state index is 12.2. The van der Waals surface area contributed by atoms with Gasteiger partial charge in [-0.15, -0.1) is 12.4 Å². The highest BCUT2D eigenvalue weighted by Gasteiger charge is 2.32. The molecule has 1 saturated heterocycles. The molecular formula is C12H24ClN3O2. The predicted octanol–water partition coefficient (Wildman–Crippen LogP) is -0.328. The monoisotopic (exact) mass is 277 g/mol. The number of carbonyl (C=O) groups excluding carboxylic acids is 1. The van der Waals surface area contributed by atoms with Crippen LogP contribution in [0.4, 0.5) is 0 Å². The van der Waals surface area contributed by atoms with E-state index in [0.29, 0.717) is 5.91 Å². The molecule has 2 rings (SSSR count). The number of hydrogen-bond donors (Lipinski definition) is 2. The van der Waals surface area contributed by atoms with Crippen LogP contribution in [0.25, 0.3) is 0 Å². The molecule has 3 N–H and O–H groups in total. The van der Waals surface area contributed by atoms with E-state index >= 15 is 0 Å². The maximum Gasteiger partial charge on any atom is 0.225 e. The van der Waals surface area contributed by atoms with Gasteiger partial charge in [0.1, 0.15) is 0 Å². The zero-order valence-electron chi connectivity index (χ0n) is 10.8. The number of piperazine rings is 1. The van der Waals surface area contributed by atoms with Crippen molar-refractivity contribution in [2.24, 2.45) is 11.7 Å². The number of hydrogen-bond acceptors (Lipinski definition) is 4. The molecule has 1 heterocycles. The third-order valence-corrected chi connectivity index (χ3v) is 3.92. The molecule has 2 unspecified atom stereocenters.